The quantitative estimate of drug-likeness (QED) is 0.708. The second-order valence-corrected chi connectivity index (χ2v) is 3.36. The highest BCUT2D eigenvalue weighted by atomic mass is 16.5. The van der Waals surface area contributed by atoms with Crippen molar-refractivity contribution in [2.24, 2.45) is 0 Å². The second-order valence-electron chi connectivity index (χ2n) is 3.36. The first-order valence-electron chi connectivity index (χ1n) is 4.62. The first-order chi connectivity index (χ1) is 7.10. The zero-order chi connectivity index (χ0) is 11.4. The molecule has 1 aromatic carbocycles. The van der Waals surface area contributed by atoms with E-state index >= 15 is 0 Å². The van der Waals surface area contributed by atoms with E-state index in [0.717, 1.165) is 11.3 Å². The summed E-state index contributed by atoms with van der Waals surface area (Å²) in [6.07, 6.45) is 1.76. The lowest BCUT2D eigenvalue weighted by atomic mass is 10.1. The van der Waals surface area contributed by atoms with Crippen LogP contribution in [0, 0.1) is 0 Å². The molecule has 0 unspecified atom stereocenters. The predicted octanol–water partition coefficient (Wildman–Crippen LogP) is 2.18. The highest BCUT2D eigenvalue weighted by Crippen LogP contribution is 2.21. The van der Waals surface area contributed by atoms with Crippen molar-refractivity contribution in [2.75, 3.05) is 26.1 Å². The van der Waals surface area contributed by atoms with E-state index in [-0.39, 0.29) is 5.97 Å². The Morgan fingerprint density at radius 3 is 2.60 bits per heavy atom. The number of carbonyl (C=O) groups excluding carboxylic acids is 1. The summed E-state index contributed by atoms with van der Waals surface area (Å²) in [4.78, 5) is 13.3. The molecule has 0 heterocycles. The molecule has 80 valence electrons. The molecule has 0 spiro atoms. The third-order valence-corrected chi connectivity index (χ3v) is 2.15. The lowest BCUT2D eigenvalue weighted by molar-refractivity contribution is 0.0601. The van der Waals surface area contributed by atoms with Crippen molar-refractivity contribution >= 4 is 17.7 Å². The third kappa shape index (κ3) is 2.37. The number of hydrogen-bond donors (Lipinski definition) is 0. The van der Waals surface area contributed by atoms with Crippen LogP contribution in [0.25, 0.3) is 6.08 Å². The first-order valence-corrected chi connectivity index (χ1v) is 4.62. The molecule has 0 saturated heterocycles. The van der Waals surface area contributed by atoms with E-state index in [1.165, 1.54) is 7.11 Å². The number of rotatable bonds is 3. The predicted molar refractivity (Wildman–Crippen MR) is 62.2 cm³/mol. The number of hydrogen-bond acceptors (Lipinski definition) is 3. The van der Waals surface area contributed by atoms with Gasteiger partial charge in [-0.3, -0.25) is 0 Å². The SMILES string of the molecule is C=Cc1ccc(C(=O)OC)cc1N(C)C. The number of ether oxygens (including phenoxy) is 1. The molecule has 15 heavy (non-hydrogen) atoms. The molecule has 0 aliphatic rings. The van der Waals surface area contributed by atoms with Crippen molar-refractivity contribution in [3.8, 4) is 0 Å². The van der Waals surface area contributed by atoms with Crippen molar-refractivity contribution in [2.45, 2.75) is 0 Å². The maximum Gasteiger partial charge on any atom is 0.337 e. The summed E-state index contributed by atoms with van der Waals surface area (Å²) in [5.41, 5.74) is 2.49. The Hall–Kier alpha value is -1.77. The van der Waals surface area contributed by atoms with Gasteiger partial charge in [-0.1, -0.05) is 18.7 Å². The van der Waals surface area contributed by atoms with Gasteiger partial charge in [0.15, 0.2) is 0 Å². The van der Waals surface area contributed by atoms with E-state index in [1.54, 1.807) is 18.2 Å². The number of nitrogens with zero attached hydrogens (tertiary/aromatic N) is 1. The fourth-order valence-corrected chi connectivity index (χ4v) is 1.35. The van der Waals surface area contributed by atoms with E-state index in [0.29, 0.717) is 5.56 Å². The number of carbonyl (C=O) groups is 1. The van der Waals surface area contributed by atoms with Gasteiger partial charge in [-0.05, 0) is 17.7 Å². The molecule has 0 aromatic heterocycles. The fraction of sp³-hybridized carbons (Fsp3) is 0.250. The first kappa shape index (κ1) is 11.3. The maximum absolute atomic E-state index is 11.3. The van der Waals surface area contributed by atoms with Crippen LogP contribution in [0.5, 0.6) is 0 Å². The number of benzene rings is 1. The van der Waals surface area contributed by atoms with Crippen molar-refractivity contribution < 1.29 is 9.53 Å². The molecule has 1 aromatic rings. The van der Waals surface area contributed by atoms with Gasteiger partial charge in [0.05, 0.1) is 12.7 Å². The van der Waals surface area contributed by atoms with E-state index < -0.39 is 0 Å². The Labute approximate surface area is 90.0 Å². The summed E-state index contributed by atoms with van der Waals surface area (Å²) in [5, 5.41) is 0. The maximum atomic E-state index is 11.3. The summed E-state index contributed by atoms with van der Waals surface area (Å²) in [7, 11) is 5.21. The van der Waals surface area contributed by atoms with Crippen LogP contribution in [0.15, 0.2) is 24.8 Å². The molecule has 0 amide bonds. The van der Waals surface area contributed by atoms with Gasteiger partial charge in [0.25, 0.3) is 0 Å². The van der Waals surface area contributed by atoms with E-state index in [2.05, 4.69) is 11.3 Å². The minimum atomic E-state index is -0.325. The van der Waals surface area contributed by atoms with Crippen molar-refractivity contribution in [3.63, 3.8) is 0 Å². The smallest absolute Gasteiger partial charge is 0.337 e. The van der Waals surface area contributed by atoms with Crippen LogP contribution in [-0.2, 0) is 4.74 Å². The molecule has 3 nitrogen and oxygen atoms in total. The molecule has 0 fully saturated rings. The summed E-state index contributed by atoms with van der Waals surface area (Å²) >= 11 is 0. The molecule has 0 aliphatic heterocycles. The van der Waals surface area contributed by atoms with E-state index in [1.807, 2.05) is 25.1 Å². The molecular formula is C12H15NO2. The summed E-state index contributed by atoms with van der Waals surface area (Å²) in [6.45, 7) is 3.73. The van der Waals surface area contributed by atoms with E-state index in [9.17, 15) is 4.79 Å². The molecule has 3 heteroatoms. The van der Waals surface area contributed by atoms with Crippen LogP contribution in [0.4, 0.5) is 5.69 Å². The largest absolute Gasteiger partial charge is 0.465 e. The van der Waals surface area contributed by atoms with Gasteiger partial charge in [-0.25, -0.2) is 4.79 Å². The number of anilines is 1. The van der Waals surface area contributed by atoms with Crippen LogP contribution in [0.3, 0.4) is 0 Å². The Bertz CT molecular complexity index is 383. The second kappa shape index (κ2) is 4.64. The van der Waals surface area contributed by atoms with E-state index in [4.69, 9.17) is 0 Å². The Morgan fingerprint density at radius 1 is 1.47 bits per heavy atom. The molecule has 1 rings (SSSR count). The van der Waals surface area contributed by atoms with Gasteiger partial charge >= 0.3 is 5.97 Å². The average Bonchev–Trinajstić information content (AvgIpc) is 2.27. The van der Waals surface area contributed by atoms with Crippen molar-refractivity contribution in [3.05, 3.63) is 35.9 Å². The molecule has 0 saturated carbocycles. The minimum absolute atomic E-state index is 0.325. The van der Waals surface area contributed by atoms with Gasteiger partial charge in [0, 0.05) is 19.8 Å². The number of esters is 1. The van der Waals surface area contributed by atoms with Crippen LogP contribution < -0.4 is 4.90 Å². The molecular weight excluding hydrogens is 190 g/mol. The Morgan fingerprint density at radius 2 is 2.13 bits per heavy atom. The Balaban J connectivity index is 3.21. The minimum Gasteiger partial charge on any atom is -0.465 e. The normalized spacial score (nSPS) is 9.53. The van der Waals surface area contributed by atoms with Crippen molar-refractivity contribution in [1.82, 2.24) is 0 Å². The van der Waals surface area contributed by atoms with Gasteiger partial charge in [-0.15, -0.1) is 0 Å². The fourth-order valence-electron chi connectivity index (χ4n) is 1.35. The molecule has 0 radical (unpaired) electrons. The van der Waals surface area contributed by atoms with Gasteiger partial charge < -0.3 is 9.64 Å². The third-order valence-electron chi connectivity index (χ3n) is 2.15. The van der Waals surface area contributed by atoms with Crippen LogP contribution >= 0.6 is 0 Å². The van der Waals surface area contributed by atoms with Crippen LogP contribution in [0.2, 0.25) is 0 Å². The monoisotopic (exact) mass is 205 g/mol. The van der Waals surface area contributed by atoms with Crippen LogP contribution in [-0.4, -0.2) is 27.2 Å². The summed E-state index contributed by atoms with van der Waals surface area (Å²) in [6, 6.07) is 5.38. The topological polar surface area (TPSA) is 29.5 Å². The molecule has 0 N–H and O–H groups in total. The van der Waals surface area contributed by atoms with Gasteiger partial charge in [0.2, 0.25) is 0 Å². The zero-order valence-electron chi connectivity index (χ0n) is 9.28. The van der Waals surface area contributed by atoms with Gasteiger partial charge in [-0.2, -0.15) is 0 Å². The summed E-state index contributed by atoms with van der Waals surface area (Å²) in [5.74, 6) is -0.325. The standard InChI is InChI=1S/C12H15NO2/c1-5-9-6-7-10(12(14)15-4)8-11(9)13(2)3/h5-8H,1H2,2-4H3. The lowest BCUT2D eigenvalue weighted by Gasteiger charge is -2.16. The van der Waals surface area contributed by atoms with Crippen LogP contribution in [0.1, 0.15) is 15.9 Å². The molecule has 0 atom stereocenters. The van der Waals surface area contributed by atoms with Gasteiger partial charge in [0.1, 0.15) is 0 Å². The average molecular weight is 205 g/mol. The highest BCUT2D eigenvalue weighted by Gasteiger charge is 2.09. The zero-order valence-corrected chi connectivity index (χ0v) is 9.28. The lowest BCUT2D eigenvalue weighted by Crippen LogP contribution is -2.12. The van der Waals surface area contributed by atoms with Crippen molar-refractivity contribution in [1.29, 1.82) is 0 Å². The molecule has 0 bridgehead atoms. The summed E-state index contributed by atoms with van der Waals surface area (Å²) < 4.78 is 4.66. The Kier molecular flexibility index (Phi) is 3.50. The number of methoxy groups -OCH3 is 1. The highest BCUT2D eigenvalue weighted by molar-refractivity contribution is 5.91. The molecule has 0 aliphatic carbocycles.